The molecule has 1 rings (SSSR count). The number of hydrogen-bond acceptors (Lipinski definition) is 3. The average Bonchev–Trinajstić information content (AvgIpc) is 2.18. The predicted octanol–water partition coefficient (Wildman–Crippen LogP) is 2.35. The maximum absolute atomic E-state index is 5.66. The Bertz CT molecular complexity index is 318. The predicted molar refractivity (Wildman–Crippen MR) is 61.3 cm³/mol. The zero-order valence-electron chi connectivity index (χ0n) is 8.75. The molecular formula is C11H17N3. The number of nitrogens with one attached hydrogen (secondary N) is 1. The second-order valence-corrected chi connectivity index (χ2v) is 3.19. The van der Waals surface area contributed by atoms with Crippen LogP contribution >= 0.6 is 0 Å². The number of pyridine rings is 1. The van der Waals surface area contributed by atoms with Crippen molar-refractivity contribution in [3.05, 3.63) is 30.0 Å². The molecule has 0 amide bonds. The molecule has 76 valence electrons. The first-order chi connectivity index (χ1) is 6.74. The fraction of sp³-hybridized carbons (Fsp3) is 0.364. The molecule has 0 radical (unpaired) electrons. The summed E-state index contributed by atoms with van der Waals surface area (Å²) in [6.45, 7) is 4.90. The third kappa shape index (κ3) is 3.09. The lowest BCUT2D eigenvalue weighted by atomic mass is 10.2. The third-order valence-electron chi connectivity index (χ3n) is 1.95. The van der Waals surface area contributed by atoms with Crippen LogP contribution in [0.4, 0.5) is 11.5 Å². The minimum absolute atomic E-state index is 0.736. The van der Waals surface area contributed by atoms with Crippen molar-refractivity contribution in [3.8, 4) is 0 Å². The van der Waals surface area contributed by atoms with Gasteiger partial charge in [0.1, 0.15) is 5.82 Å². The Labute approximate surface area is 85.0 Å². The van der Waals surface area contributed by atoms with Crippen LogP contribution in [-0.4, -0.2) is 11.5 Å². The van der Waals surface area contributed by atoms with Crippen molar-refractivity contribution in [1.82, 2.24) is 4.98 Å². The van der Waals surface area contributed by atoms with Crippen LogP contribution in [0.25, 0.3) is 0 Å². The summed E-state index contributed by atoms with van der Waals surface area (Å²) in [5.41, 5.74) is 7.45. The van der Waals surface area contributed by atoms with Gasteiger partial charge in [-0.05, 0) is 25.0 Å². The first kappa shape index (κ1) is 10.6. The standard InChI is InChI=1S/C11H17N3/c1-3-4-5-6-13-11-7-9(2)10(12)8-14-11/h4-5,7-8H,3,6,12H2,1-2H3,(H,13,14)/b5-4+. The zero-order chi connectivity index (χ0) is 10.4. The Morgan fingerprint density at radius 2 is 2.29 bits per heavy atom. The molecule has 3 nitrogen and oxygen atoms in total. The van der Waals surface area contributed by atoms with Crippen LogP contribution in [0.5, 0.6) is 0 Å². The first-order valence-corrected chi connectivity index (χ1v) is 4.85. The topological polar surface area (TPSA) is 50.9 Å². The summed E-state index contributed by atoms with van der Waals surface area (Å²) in [4.78, 5) is 4.17. The molecule has 14 heavy (non-hydrogen) atoms. The van der Waals surface area contributed by atoms with Crippen molar-refractivity contribution in [2.45, 2.75) is 20.3 Å². The Kier molecular flexibility index (Phi) is 3.98. The number of aromatic nitrogens is 1. The number of rotatable bonds is 4. The van der Waals surface area contributed by atoms with E-state index in [0.717, 1.165) is 30.0 Å². The second-order valence-electron chi connectivity index (χ2n) is 3.19. The lowest BCUT2D eigenvalue weighted by molar-refractivity contribution is 1.18. The zero-order valence-corrected chi connectivity index (χ0v) is 8.75. The summed E-state index contributed by atoms with van der Waals surface area (Å²) in [5, 5.41) is 3.19. The van der Waals surface area contributed by atoms with Crippen LogP contribution in [0, 0.1) is 6.92 Å². The molecule has 0 bridgehead atoms. The lowest BCUT2D eigenvalue weighted by Gasteiger charge is -2.04. The molecule has 0 aliphatic heterocycles. The van der Waals surface area contributed by atoms with E-state index in [9.17, 15) is 0 Å². The van der Waals surface area contributed by atoms with E-state index in [0.29, 0.717) is 0 Å². The van der Waals surface area contributed by atoms with Gasteiger partial charge in [0, 0.05) is 6.54 Å². The quantitative estimate of drug-likeness (QED) is 0.718. The number of nitrogens with two attached hydrogens (primary N) is 1. The first-order valence-electron chi connectivity index (χ1n) is 4.85. The van der Waals surface area contributed by atoms with Gasteiger partial charge >= 0.3 is 0 Å². The summed E-state index contributed by atoms with van der Waals surface area (Å²) in [7, 11) is 0. The number of aryl methyl sites for hydroxylation is 1. The molecule has 0 atom stereocenters. The van der Waals surface area contributed by atoms with Crippen LogP contribution in [0.2, 0.25) is 0 Å². The van der Waals surface area contributed by atoms with E-state index in [1.165, 1.54) is 0 Å². The minimum atomic E-state index is 0.736. The maximum atomic E-state index is 5.66. The third-order valence-corrected chi connectivity index (χ3v) is 1.95. The van der Waals surface area contributed by atoms with Gasteiger partial charge in [0.2, 0.25) is 0 Å². The fourth-order valence-corrected chi connectivity index (χ4v) is 1.08. The molecule has 0 saturated carbocycles. The normalized spacial score (nSPS) is 10.7. The van der Waals surface area contributed by atoms with Gasteiger partial charge in [-0.15, -0.1) is 0 Å². The van der Waals surface area contributed by atoms with Gasteiger partial charge in [0.05, 0.1) is 11.9 Å². The Morgan fingerprint density at radius 3 is 2.93 bits per heavy atom. The molecule has 0 spiro atoms. The molecule has 0 saturated heterocycles. The molecule has 0 aliphatic rings. The number of anilines is 2. The maximum Gasteiger partial charge on any atom is 0.126 e. The van der Waals surface area contributed by atoms with E-state index in [1.807, 2.05) is 13.0 Å². The van der Waals surface area contributed by atoms with Gasteiger partial charge < -0.3 is 11.1 Å². The van der Waals surface area contributed by atoms with Gasteiger partial charge in [-0.1, -0.05) is 19.1 Å². The van der Waals surface area contributed by atoms with E-state index < -0.39 is 0 Å². The Balaban J connectivity index is 2.51. The van der Waals surface area contributed by atoms with E-state index in [-0.39, 0.29) is 0 Å². The highest BCUT2D eigenvalue weighted by Gasteiger charge is 1.95. The summed E-state index contributed by atoms with van der Waals surface area (Å²) in [6, 6.07) is 1.95. The van der Waals surface area contributed by atoms with E-state index in [2.05, 4.69) is 29.4 Å². The molecule has 1 aromatic rings. The van der Waals surface area contributed by atoms with Crippen molar-refractivity contribution >= 4 is 11.5 Å². The van der Waals surface area contributed by atoms with Crippen LogP contribution in [0.15, 0.2) is 24.4 Å². The molecule has 1 aromatic heterocycles. The molecule has 3 N–H and O–H groups in total. The van der Waals surface area contributed by atoms with Crippen molar-refractivity contribution in [1.29, 1.82) is 0 Å². The van der Waals surface area contributed by atoms with Crippen LogP contribution in [-0.2, 0) is 0 Å². The molecule has 0 unspecified atom stereocenters. The van der Waals surface area contributed by atoms with Gasteiger partial charge in [0.15, 0.2) is 0 Å². The Morgan fingerprint density at radius 1 is 1.50 bits per heavy atom. The van der Waals surface area contributed by atoms with Gasteiger partial charge in [-0.2, -0.15) is 0 Å². The number of nitrogens with zero attached hydrogens (tertiary/aromatic N) is 1. The Hall–Kier alpha value is -1.51. The lowest BCUT2D eigenvalue weighted by Crippen LogP contribution is -2.02. The summed E-state index contributed by atoms with van der Waals surface area (Å²) < 4.78 is 0. The van der Waals surface area contributed by atoms with E-state index in [4.69, 9.17) is 5.73 Å². The highest BCUT2D eigenvalue weighted by molar-refractivity contribution is 5.50. The molecule has 0 aliphatic carbocycles. The van der Waals surface area contributed by atoms with Crippen molar-refractivity contribution in [3.63, 3.8) is 0 Å². The molecule has 1 heterocycles. The smallest absolute Gasteiger partial charge is 0.126 e. The monoisotopic (exact) mass is 191 g/mol. The fourth-order valence-electron chi connectivity index (χ4n) is 1.08. The van der Waals surface area contributed by atoms with Crippen LogP contribution < -0.4 is 11.1 Å². The highest BCUT2D eigenvalue weighted by Crippen LogP contribution is 2.12. The van der Waals surface area contributed by atoms with E-state index in [1.54, 1.807) is 6.20 Å². The molecular weight excluding hydrogens is 174 g/mol. The summed E-state index contributed by atoms with van der Waals surface area (Å²) in [5.74, 6) is 0.873. The van der Waals surface area contributed by atoms with Crippen LogP contribution in [0.3, 0.4) is 0 Å². The largest absolute Gasteiger partial charge is 0.397 e. The van der Waals surface area contributed by atoms with E-state index >= 15 is 0 Å². The number of nitrogen functional groups attached to an aromatic ring is 1. The highest BCUT2D eigenvalue weighted by atomic mass is 15.0. The summed E-state index contributed by atoms with van der Waals surface area (Å²) >= 11 is 0. The number of allylic oxidation sites excluding steroid dienone is 1. The minimum Gasteiger partial charge on any atom is -0.397 e. The van der Waals surface area contributed by atoms with Gasteiger partial charge in [-0.3, -0.25) is 0 Å². The van der Waals surface area contributed by atoms with Crippen LogP contribution in [0.1, 0.15) is 18.9 Å². The average molecular weight is 191 g/mol. The van der Waals surface area contributed by atoms with Crippen molar-refractivity contribution < 1.29 is 0 Å². The molecule has 0 aromatic carbocycles. The SMILES string of the molecule is CC/C=C/CNc1cc(C)c(N)cn1. The number of hydrogen-bond donors (Lipinski definition) is 2. The van der Waals surface area contributed by atoms with Gasteiger partial charge in [-0.25, -0.2) is 4.98 Å². The summed E-state index contributed by atoms with van der Waals surface area (Å²) in [6.07, 6.45) is 6.96. The molecule has 0 fully saturated rings. The van der Waals surface area contributed by atoms with Crippen molar-refractivity contribution in [2.75, 3.05) is 17.6 Å². The van der Waals surface area contributed by atoms with Gasteiger partial charge in [0.25, 0.3) is 0 Å². The second kappa shape index (κ2) is 5.27. The molecule has 3 heteroatoms. The van der Waals surface area contributed by atoms with Crippen molar-refractivity contribution in [2.24, 2.45) is 0 Å².